The number of aryl methyl sites for hydroxylation is 2. The van der Waals surface area contributed by atoms with E-state index in [2.05, 4.69) is 0 Å². The molecular formula is C46H54O18. The molecule has 0 aromatic heterocycles. The molecule has 10 unspecified atom stereocenters. The molecule has 64 heavy (non-hydrogen) atoms. The Hall–Kier alpha value is -5.38. The number of aliphatic hydroxyl groups excluding tert-OH is 8. The van der Waals surface area contributed by atoms with Gasteiger partial charge in [-0.3, -0.25) is 0 Å². The van der Waals surface area contributed by atoms with Crippen molar-refractivity contribution in [3.05, 3.63) is 96.1 Å². The van der Waals surface area contributed by atoms with E-state index < -0.39 is 99.8 Å². The van der Waals surface area contributed by atoms with Crippen LogP contribution < -0.4 is 18.9 Å². The third kappa shape index (κ3) is 12.2. The van der Waals surface area contributed by atoms with Crippen molar-refractivity contribution in [1.29, 1.82) is 0 Å². The first-order valence-corrected chi connectivity index (χ1v) is 20.9. The molecular weight excluding hydrogens is 840 g/mol. The molecule has 0 radical (unpaired) electrons. The summed E-state index contributed by atoms with van der Waals surface area (Å²) in [6.07, 6.45) is -10.4. The van der Waals surface area contributed by atoms with Crippen LogP contribution in [0.5, 0.6) is 23.0 Å². The monoisotopic (exact) mass is 894 g/mol. The number of rotatable bonds is 21. The number of carboxylic acid groups (broad SMARTS) is 2. The van der Waals surface area contributed by atoms with Gasteiger partial charge in [-0.2, -0.15) is 0 Å². The van der Waals surface area contributed by atoms with Crippen molar-refractivity contribution in [3.63, 3.8) is 0 Å². The average Bonchev–Trinajstić information content (AvgIpc) is 3.29. The Labute approximate surface area is 368 Å². The van der Waals surface area contributed by atoms with Crippen LogP contribution in [-0.4, -0.2) is 151 Å². The second kappa shape index (κ2) is 22.5. The Bertz CT molecular complexity index is 2160. The van der Waals surface area contributed by atoms with E-state index in [1.807, 2.05) is 24.3 Å². The Balaban J connectivity index is 1.13. The number of unbranched alkanes of at least 4 members (excludes halogenated alkanes) is 3. The minimum absolute atomic E-state index is 0.253. The number of hydrogen-bond acceptors (Lipinski definition) is 16. The van der Waals surface area contributed by atoms with E-state index in [1.165, 1.54) is 0 Å². The maximum Gasteiger partial charge on any atom is 0.341 e. The lowest BCUT2D eigenvalue weighted by molar-refractivity contribution is -0.277. The normalized spacial score (nSPS) is 25.6. The first-order chi connectivity index (χ1) is 30.8. The van der Waals surface area contributed by atoms with Crippen molar-refractivity contribution >= 4 is 11.9 Å². The number of ether oxygens (including phenoxy) is 6. The molecule has 2 aliphatic rings. The maximum atomic E-state index is 11.2. The lowest BCUT2D eigenvalue weighted by Crippen LogP contribution is -2.60. The fourth-order valence-electron chi connectivity index (χ4n) is 7.51. The standard InChI is InChI=1S/C46H54O18/c47-21-35-39(53)41(55)43(57)45(63-35)61-33-16-14-25(17-32(33)28-10-6-12-30(20-28)60-24-38(51)52)7-3-1-2-4-8-26-13-15-31(27-9-5-11-29(19-27)59-23-37(49)50)34(18-26)62-46-44(58)42(56)40(54)36(22-48)64-46/h5-6,9-20,35-36,39-48,53-58H,1-4,7-8,21-24H2,(H,49,50)(H,51,52). The highest BCUT2D eigenvalue weighted by Crippen LogP contribution is 2.38. The Kier molecular flexibility index (Phi) is 16.9. The lowest BCUT2D eigenvalue weighted by Gasteiger charge is -2.39. The largest absolute Gasteiger partial charge is 0.482 e. The number of carboxylic acids is 2. The van der Waals surface area contributed by atoms with Gasteiger partial charge in [0.05, 0.1) is 13.2 Å². The summed E-state index contributed by atoms with van der Waals surface area (Å²) in [5, 5.41) is 100. The second-order valence-corrected chi connectivity index (χ2v) is 15.6. The predicted molar refractivity (Wildman–Crippen MR) is 225 cm³/mol. The zero-order chi connectivity index (χ0) is 45.9. The molecule has 2 aliphatic heterocycles. The Morgan fingerprint density at radius 1 is 0.500 bits per heavy atom. The minimum atomic E-state index is -1.65. The summed E-state index contributed by atoms with van der Waals surface area (Å²) in [5.74, 6) is -1.17. The molecule has 2 fully saturated rings. The van der Waals surface area contributed by atoms with E-state index in [0.29, 0.717) is 46.6 Å². The van der Waals surface area contributed by atoms with Crippen LogP contribution in [0.3, 0.4) is 0 Å². The summed E-state index contributed by atoms with van der Waals surface area (Å²) >= 11 is 0. The van der Waals surface area contributed by atoms with Gasteiger partial charge < -0.3 is 79.5 Å². The highest BCUT2D eigenvalue weighted by molar-refractivity contribution is 5.74. The molecule has 18 nitrogen and oxygen atoms in total. The van der Waals surface area contributed by atoms with Crippen molar-refractivity contribution in [2.24, 2.45) is 0 Å². The summed E-state index contributed by atoms with van der Waals surface area (Å²) in [7, 11) is 0. The Morgan fingerprint density at radius 2 is 0.969 bits per heavy atom. The van der Waals surface area contributed by atoms with Gasteiger partial charge in [-0.05, 0) is 90.4 Å². The summed E-state index contributed by atoms with van der Waals surface area (Å²) in [6.45, 7) is -2.36. The third-order valence-corrected chi connectivity index (χ3v) is 11.0. The van der Waals surface area contributed by atoms with Crippen molar-refractivity contribution in [2.45, 2.75) is 99.9 Å². The van der Waals surface area contributed by atoms with Crippen molar-refractivity contribution in [3.8, 4) is 45.3 Å². The summed E-state index contributed by atoms with van der Waals surface area (Å²) in [6, 6.07) is 24.3. The molecule has 0 spiro atoms. The van der Waals surface area contributed by atoms with E-state index in [1.54, 1.807) is 60.7 Å². The first kappa shape index (κ1) is 48.1. The van der Waals surface area contributed by atoms with Gasteiger partial charge in [0.15, 0.2) is 13.2 Å². The molecule has 2 saturated heterocycles. The van der Waals surface area contributed by atoms with Crippen LogP contribution in [0.2, 0.25) is 0 Å². The SMILES string of the molecule is O=C(O)COc1cccc(-c2ccc(CCCCCCc3ccc(OC4OC(CO)C(O)C(O)C4O)c(-c4cccc(OCC(=O)O)c4)c3)cc2OC2OC(CO)C(O)C(O)C2O)c1. The molecule has 10 atom stereocenters. The van der Waals surface area contributed by atoms with Crippen LogP contribution in [0.1, 0.15) is 36.8 Å². The zero-order valence-electron chi connectivity index (χ0n) is 34.7. The highest BCUT2D eigenvalue weighted by Gasteiger charge is 2.46. The molecule has 10 N–H and O–H groups in total. The van der Waals surface area contributed by atoms with Crippen LogP contribution in [0.15, 0.2) is 84.9 Å². The number of hydrogen-bond donors (Lipinski definition) is 10. The number of carbonyl (C=O) groups is 2. The molecule has 0 aliphatic carbocycles. The van der Waals surface area contributed by atoms with Gasteiger partial charge in [-0.25, -0.2) is 9.59 Å². The summed E-state index contributed by atoms with van der Waals surface area (Å²) < 4.78 is 34.2. The van der Waals surface area contributed by atoms with Crippen LogP contribution >= 0.6 is 0 Å². The van der Waals surface area contributed by atoms with E-state index in [4.69, 9.17) is 38.6 Å². The zero-order valence-corrected chi connectivity index (χ0v) is 34.7. The fraction of sp³-hybridized carbons (Fsp3) is 0.435. The van der Waals surface area contributed by atoms with Gasteiger partial charge in [0.1, 0.15) is 71.8 Å². The van der Waals surface area contributed by atoms with Crippen molar-refractivity contribution < 1.29 is 89.1 Å². The highest BCUT2D eigenvalue weighted by atomic mass is 16.7. The number of aliphatic carboxylic acids is 2. The topological polar surface area (TPSA) is 292 Å². The molecule has 0 saturated carbocycles. The van der Waals surface area contributed by atoms with Crippen molar-refractivity contribution in [1.82, 2.24) is 0 Å². The van der Waals surface area contributed by atoms with Crippen LogP contribution in [0, 0.1) is 0 Å². The van der Waals surface area contributed by atoms with E-state index >= 15 is 0 Å². The molecule has 18 heteroatoms. The lowest BCUT2D eigenvalue weighted by atomic mass is 9.97. The van der Waals surface area contributed by atoms with Gasteiger partial charge in [0.25, 0.3) is 0 Å². The average molecular weight is 895 g/mol. The van der Waals surface area contributed by atoms with Crippen LogP contribution in [0.25, 0.3) is 22.3 Å². The first-order valence-electron chi connectivity index (χ1n) is 20.9. The van der Waals surface area contributed by atoms with Crippen LogP contribution in [0.4, 0.5) is 0 Å². The Morgan fingerprint density at radius 3 is 1.47 bits per heavy atom. The van der Waals surface area contributed by atoms with E-state index in [0.717, 1.165) is 36.8 Å². The second-order valence-electron chi connectivity index (χ2n) is 15.6. The van der Waals surface area contributed by atoms with Gasteiger partial charge in [0.2, 0.25) is 12.6 Å². The molecule has 6 rings (SSSR count). The fourth-order valence-corrected chi connectivity index (χ4v) is 7.51. The van der Waals surface area contributed by atoms with Crippen molar-refractivity contribution in [2.75, 3.05) is 26.4 Å². The van der Waals surface area contributed by atoms with Gasteiger partial charge in [-0.1, -0.05) is 55.3 Å². The van der Waals surface area contributed by atoms with E-state index in [-0.39, 0.29) is 11.5 Å². The molecule has 346 valence electrons. The number of aliphatic hydroxyl groups is 8. The maximum absolute atomic E-state index is 11.2. The van der Waals surface area contributed by atoms with Crippen LogP contribution in [-0.2, 0) is 31.9 Å². The van der Waals surface area contributed by atoms with E-state index in [9.17, 15) is 50.4 Å². The third-order valence-electron chi connectivity index (χ3n) is 11.0. The number of benzene rings is 4. The van der Waals surface area contributed by atoms with Gasteiger partial charge in [-0.15, -0.1) is 0 Å². The molecule has 4 aromatic rings. The predicted octanol–water partition coefficient (Wildman–Crippen LogP) is 1.65. The molecule has 4 aromatic carbocycles. The summed E-state index contributed by atoms with van der Waals surface area (Å²) in [5.41, 5.74) is 4.13. The minimum Gasteiger partial charge on any atom is -0.482 e. The molecule has 0 amide bonds. The smallest absolute Gasteiger partial charge is 0.341 e. The van der Waals surface area contributed by atoms with Gasteiger partial charge >= 0.3 is 11.9 Å². The van der Waals surface area contributed by atoms with Gasteiger partial charge in [0, 0.05) is 11.1 Å². The quantitative estimate of drug-likeness (QED) is 0.0532. The molecule has 2 heterocycles. The molecule has 0 bridgehead atoms. The summed E-state index contributed by atoms with van der Waals surface area (Å²) in [4.78, 5) is 22.3.